The van der Waals surface area contributed by atoms with Gasteiger partial charge in [-0.1, -0.05) is 13.8 Å². The van der Waals surface area contributed by atoms with Gasteiger partial charge in [-0.05, 0) is 32.9 Å². The van der Waals surface area contributed by atoms with E-state index in [1.165, 1.54) is 43.9 Å². The first-order valence-electron chi connectivity index (χ1n) is 8.37. The third kappa shape index (κ3) is 3.98. The summed E-state index contributed by atoms with van der Waals surface area (Å²) in [5, 5.41) is 8.17. The van der Waals surface area contributed by atoms with E-state index in [0.717, 1.165) is 31.9 Å². The standard InChI is InChI=1S/C16H31N5/c1-5-7-17-13-15-14(3)18-19(4)16(15)21-11-9-20(8-6-2)10-12-21/h17H,5-13H2,1-4H3. The zero-order valence-corrected chi connectivity index (χ0v) is 14.2. The summed E-state index contributed by atoms with van der Waals surface area (Å²) in [6.07, 6.45) is 2.42. The summed E-state index contributed by atoms with van der Waals surface area (Å²) in [4.78, 5) is 5.07. The molecule has 2 heterocycles. The lowest BCUT2D eigenvalue weighted by Gasteiger charge is -2.36. The molecule has 1 aliphatic rings. The van der Waals surface area contributed by atoms with Crippen molar-refractivity contribution in [1.82, 2.24) is 20.0 Å². The fraction of sp³-hybridized carbons (Fsp3) is 0.812. The third-order valence-corrected chi connectivity index (χ3v) is 4.25. The summed E-state index contributed by atoms with van der Waals surface area (Å²) in [5.41, 5.74) is 2.53. The molecule has 0 aromatic carbocycles. The van der Waals surface area contributed by atoms with Crippen LogP contribution in [0.4, 0.5) is 5.82 Å². The van der Waals surface area contributed by atoms with Crippen LogP contribution in [-0.2, 0) is 13.6 Å². The normalized spacial score (nSPS) is 16.7. The summed E-state index contributed by atoms with van der Waals surface area (Å²) >= 11 is 0. The predicted molar refractivity (Wildman–Crippen MR) is 88.9 cm³/mol. The molecule has 5 nitrogen and oxygen atoms in total. The summed E-state index contributed by atoms with van der Waals surface area (Å²) in [5.74, 6) is 1.31. The zero-order valence-electron chi connectivity index (χ0n) is 14.2. The molecule has 1 aromatic heterocycles. The van der Waals surface area contributed by atoms with E-state index in [0.29, 0.717) is 0 Å². The molecule has 0 aliphatic carbocycles. The fourth-order valence-electron chi connectivity index (χ4n) is 3.18. The smallest absolute Gasteiger partial charge is 0.131 e. The van der Waals surface area contributed by atoms with Crippen molar-refractivity contribution in [3.63, 3.8) is 0 Å². The predicted octanol–water partition coefficient (Wildman–Crippen LogP) is 1.76. The van der Waals surface area contributed by atoms with Crippen LogP contribution < -0.4 is 10.2 Å². The number of piperazine rings is 1. The minimum Gasteiger partial charge on any atom is -0.354 e. The second kappa shape index (κ2) is 7.80. The van der Waals surface area contributed by atoms with Gasteiger partial charge in [0.25, 0.3) is 0 Å². The lowest BCUT2D eigenvalue weighted by molar-refractivity contribution is 0.257. The first kappa shape index (κ1) is 16.3. The van der Waals surface area contributed by atoms with E-state index in [1.54, 1.807) is 0 Å². The van der Waals surface area contributed by atoms with Crippen LogP contribution in [0.1, 0.15) is 37.9 Å². The number of rotatable bonds is 7. The topological polar surface area (TPSA) is 36.3 Å². The Morgan fingerprint density at radius 2 is 1.81 bits per heavy atom. The molecule has 1 aliphatic heterocycles. The third-order valence-electron chi connectivity index (χ3n) is 4.25. The number of nitrogens with zero attached hydrogens (tertiary/aromatic N) is 4. The molecule has 2 rings (SSSR count). The molecule has 1 fully saturated rings. The van der Waals surface area contributed by atoms with Crippen molar-refractivity contribution in [2.75, 3.05) is 44.2 Å². The lowest BCUT2D eigenvalue weighted by Crippen LogP contribution is -2.47. The van der Waals surface area contributed by atoms with Gasteiger partial charge in [-0.3, -0.25) is 9.58 Å². The molecule has 0 unspecified atom stereocenters. The molecular formula is C16H31N5. The highest BCUT2D eigenvalue weighted by molar-refractivity contribution is 5.50. The highest BCUT2D eigenvalue weighted by Gasteiger charge is 2.23. The molecule has 0 spiro atoms. The van der Waals surface area contributed by atoms with Gasteiger partial charge >= 0.3 is 0 Å². The minimum absolute atomic E-state index is 0.929. The summed E-state index contributed by atoms with van der Waals surface area (Å²) in [6.45, 7) is 14.4. The fourth-order valence-corrected chi connectivity index (χ4v) is 3.18. The van der Waals surface area contributed by atoms with Gasteiger partial charge in [-0.15, -0.1) is 0 Å². The molecule has 0 amide bonds. The second-order valence-electron chi connectivity index (χ2n) is 6.02. The zero-order chi connectivity index (χ0) is 15.2. The Morgan fingerprint density at radius 3 is 2.43 bits per heavy atom. The van der Waals surface area contributed by atoms with Crippen molar-refractivity contribution in [3.05, 3.63) is 11.3 Å². The number of aryl methyl sites for hydroxylation is 2. The second-order valence-corrected chi connectivity index (χ2v) is 6.02. The first-order chi connectivity index (χ1) is 10.2. The molecule has 0 radical (unpaired) electrons. The van der Waals surface area contributed by atoms with Gasteiger partial charge < -0.3 is 10.2 Å². The first-order valence-corrected chi connectivity index (χ1v) is 8.37. The number of aromatic nitrogens is 2. The van der Waals surface area contributed by atoms with Crippen LogP contribution in [0.2, 0.25) is 0 Å². The lowest BCUT2D eigenvalue weighted by atomic mass is 10.2. The maximum Gasteiger partial charge on any atom is 0.131 e. The van der Waals surface area contributed by atoms with Crippen LogP contribution in [0.5, 0.6) is 0 Å². The number of hydrogen-bond donors (Lipinski definition) is 1. The van der Waals surface area contributed by atoms with Gasteiger partial charge in [-0.25, -0.2) is 0 Å². The molecule has 0 saturated carbocycles. The van der Waals surface area contributed by atoms with E-state index < -0.39 is 0 Å². The molecule has 120 valence electrons. The van der Waals surface area contributed by atoms with Crippen molar-refractivity contribution in [2.24, 2.45) is 7.05 Å². The van der Waals surface area contributed by atoms with Crippen molar-refractivity contribution in [3.8, 4) is 0 Å². The highest BCUT2D eigenvalue weighted by Crippen LogP contribution is 2.24. The van der Waals surface area contributed by atoms with Crippen LogP contribution in [-0.4, -0.2) is 53.9 Å². The summed E-state index contributed by atoms with van der Waals surface area (Å²) < 4.78 is 2.06. The van der Waals surface area contributed by atoms with E-state index in [1.807, 2.05) is 0 Å². The van der Waals surface area contributed by atoms with Crippen LogP contribution in [0.25, 0.3) is 0 Å². The van der Waals surface area contributed by atoms with Gasteiger partial charge in [-0.2, -0.15) is 5.10 Å². The quantitative estimate of drug-likeness (QED) is 0.777. The van der Waals surface area contributed by atoms with Gasteiger partial charge in [0, 0.05) is 45.3 Å². The Hall–Kier alpha value is -1.07. The average molecular weight is 293 g/mol. The van der Waals surface area contributed by atoms with Crippen molar-refractivity contribution >= 4 is 5.82 Å². The molecule has 0 atom stereocenters. The Balaban J connectivity index is 2.05. The highest BCUT2D eigenvalue weighted by atomic mass is 15.4. The molecule has 21 heavy (non-hydrogen) atoms. The molecule has 5 heteroatoms. The molecular weight excluding hydrogens is 262 g/mol. The van der Waals surface area contributed by atoms with E-state index in [-0.39, 0.29) is 0 Å². The monoisotopic (exact) mass is 293 g/mol. The molecule has 0 bridgehead atoms. The maximum absolute atomic E-state index is 4.64. The van der Waals surface area contributed by atoms with Gasteiger partial charge in [0.15, 0.2) is 0 Å². The van der Waals surface area contributed by atoms with Crippen molar-refractivity contribution in [1.29, 1.82) is 0 Å². The number of anilines is 1. The van der Waals surface area contributed by atoms with Crippen molar-refractivity contribution < 1.29 is 0 Å². The number of nitrogens with one attached hydrogen (secondary N) is 1. The Bertz CT molecular complexity index is 432. The van der Waals surface area contributed by atoms with E-state index in [2.05, 4.69) is 52.7 Å². The largest absolute Gasteiger partial charge is 0.354 e. The van der Waals surface area contributed by atoms with Crippen LogP contribution >= 0.6 is 0 Å². The average Bonchev–Trinajstić information content (AvgIpc) is 2.75. The SMILES string of the molecule is CCCNCc1c(C)nn(C)c1N1CCN(CCC)CC1. The Morgan fingerprint density at radius 1 is 1.10 bits per heavy atom. The molecule has 1 aromatic rings. The van der Waals surface area contributed by atoms with Crippen LogP contribution in [0.3, 0.4) is 0 Å². The summed E-state index contributed by atoms with van der Waals surface area (Å²) in [7, 11) is 2.07. The molecule has 1 saturated heterocycles. The van der Waals surface area contributed by atoms with Crippen LogP contribution in [0.15, 0.2) is 0 Å². The summed E-state index contributed by atoms with van der Waals surface area (Å²) in [6, 6.07) is 0. The van der Waals surface area contributed by atoms with E-state index in [9.17, 15) is 0 Å². The molecule has 1 N–H and O–H groups in total. The van der Waals surface area contributed by atoms with Gasteiger partial charge in [0.1, 0.15) is 5.82 Å². The van der Waals surface area contributed by atoms with Gasteiger partial charge in [0.05, 0.1) is 5.69 Å². The Labute approximate surface area is 129 Å². The Kier molecular flexibility index (Phi) is 6.06. The van der Waals surface area contributed by atoms with Crippen LogP contribution in [0, 0.1) is 6.92 Å². The number of hydrogen-bond acceptors (Lipinski definition) is 4. The maximum atomic E-state index is 4.64. The van der Waals surface area contributed by atoms with Crippen molar-refractivity contribution in [2.45, 2.75) is 40.2 Å². The van der Waals surface area contributed by atoms with Gasteiger partial charge in [0.2, 0.25) is 0 Å². The van der Waals surface area contributed by atoms with E-state index >= 15 is 0 Å². The van der Waals surface area contributed by atoms with E-state index in [4.69, 9.17) is 0 Å². The minimum atomic E-state index is 0.929.